The molecule has 10 nitrogen and oxygen atoms in total. The molecule has 3 aromatic rings. The summed E-state index contributed by atoms with van der Waals surface area (Å²) in [6.45, 7) is 0.918. The molecular weight excluding hydrogens is 449 g/mol. The largest absolute Gasteiger partial charge is 0.499 e. The molecule has 2 aromatic carbocycles. The number of aromatic amines is 1. The van der Waals surface area contributed by atoms with Gasteiger partial charge in [-0.15, -0.1) is 0 Å². The molecule has 1 aromatic heterocycles. The number of hydrogen-bond donors (Lipinski definition) is 4. The number of carbonyl (C=O) groups is 1. The topological polar surface area (TPSA) is 149 Å². The van der Waals surface area contributed by atoms with Gasteiger partial charge in [-0.2, -0.15) is 0 Å². The van der Waals surface area contributed by atoms with E-state index in [2.05, 4.69) is 9.87 Å². The number of amides is 1. The van der Waals surface area contributed by atoms with Crippen LogP contribution in [0.3, 0.4) is 0 Å². The second-order valence-electron chi connectivity index (χ2n) is 8.18. The first-order valence-corrected chi connectivity index (χ1v) is 10.6. The van der Waals surface area contributed by atoms with Crippen LogP contribution < -0.4 is 4.89 Å². The summed E-state index contributed by atoms with van der Waals surface area (Å²) < 4.78 is 13.1. The van der Waals surface area contributed by atoms with Crippen LogP contribution in [0.25, 0.3) is 16.7 Å². The highest BCUT2D eigenvalue weighted by atomic mass is 19.1. The van der Waals surface area contributed by atoms with Gasteiger partial charge in [-0.05, 0) is 48.9 Å². The zero-order valence-electron chi connectivity index (χ0n) is 17.9. The van der Waals surface area contributed by atoms with Crippen molar-refractivity contribution in [2.45, 2.75) is 19.3 Å². The molecule has 34 heavy (non-hydrogen) atoms. The van der Waals surface area contributed by atoms with Gasteiger partial charge in [-0.1, -0.05) is 12.1 Å². The van der Waals surface area contributed by atoms with Gasteiger partial charge >= 0.3 is 5.88 Å². The van der Waals surface area contributed by atoms with E-state index in [1.807, 2.05) is 0 Å². The molecule has 11 heteroatoms. The number of benzene rings is 2. The van der Waals surface area contributed by atoms with E-state index in [1.165, 1.54) is 30.5 Å². The number of likely N-dealkylation sites (tertiary alicyclic amines) is 1. The maximum atomic E-state index is 13.2. The monoisotopic (exact) mass is 471 g/mol. The van der Waals surface area contributed by atoms with E-state index < -0.39 is 22.5 Å². The maximum Gasteiger partial charge on any atom is 0.468 e. The number of piperidine rings is 1. The second-order valence-corrected chi connectivity index (χ2v) is 8.18. The van der Waals surface area contributed by atoms with Gasteiger partial charge in [0.2, 0.25) is 5.76 Å². The van der Waals surface area contributed by atoms with Crippen LogP contribution in [-0.4, -0.2) is 49.3 Å². The van der Waals surface area contributed by atoms with E-state index in [1.54, 1.807) is 17.0 Å². The third-order valence-electron chi connectivity index (χ3n) is 6.09. The van der Waals surface area contributed by atoms with Crippen LogP contribution in [0.1, 0.15) is 34.3 Å². The fraction of sp³-hybridized carbons (Fsp3) is 0.261. The standard InChI is InChI=1S/C23H22FN3O7/c24-15-3-1-13(2-4-15)9-14-5-7-26(8-6-14)22(29)17-10-16-18(21(28)23(30)27(31)32)12-25-19(16)11-20(17)34-33/h1-4,10-12,14,25,28,30,33H,5-9H2. The van der Waals surface area contributed by atoms with E-state index in [0.717, 1.165) is 24.8 Å². The Kier molecular flexibility index (Phi) is 6.37. The Balaban J connectivity index is 1.55. The molecule has 0 aliphatic carbocycles. The summed E-state index contributed by atoms with van der Waals surface area (Å²) in [7, 11) is 0. The maximum absolute atomic E-state index is 13.2. The van der Waals surface area contributed by atoms with Gasteiger partial charge in [0.05, 0.1) is 16.6 Å². The van der Waals surface area contributed by atoms with Crippen LogP contribution in [0, 0.1) is 21.8 Å². The number of nitro groups is 1. The van der Waals surface area contributed by atoms with Gasteiger partial charge in [-0.25, -0.2) is 9.65 Å². The fourth-order valence-corrected chi connectivity index (χ4v) is 4.26. The molecular formula is C23H22FN3O7. The predicted molar refractivity (Wildman–Crippen MR) is 119 cm³/mol. The molecule has 1 amide bonds. The van der Waals surface area contributed by atoms with Crippen molar-refractivity contribution in [3.05, 3.63) is 81.1 Å². The van der Waals surface area contributed by atoms with E-state index >= 15 is 0 Å². The lowest BCUT2D eigenvalue weighted by Gasteiger charge is -2.32. The average Bonchev–Trinajstić information content (AvgIpc) is 3.26. The number of hydrogen-bond acceptors (Lipinski definition) is 7. The number of aliphatic hydroxyl groups is 2. The summed E-state index contributed by atoms with van der Waals surface area (Å²) in [4.78, 5) is 31.7. The summed E-state index contributed by atoms with van der Waals surface area (Å²) >= 11 is 0. The molecule has 0 spiro atoms. The normalized spacial score (nSPS) is 15.3. The summed E-state index contributed by atoms with van der Waals surface area (Å²) in [6, 6.07) is 9.01. The minimum absolute atomic E-state index is 0.00114. The first kappa shape index (κ1) is 23.1. The van der Waals surface area contributed by atoms with Crippen LogP contribution in [0.2, 0.25) is 0 Å². The van der Waals surface area contributed by atoms with Crippen molar-refractivity contribution < 1.29 is 34.5 Å². The lowest BCUT2D eigenvalue weighted by molar-refractivity contribution is -0.458. The van der Waals surface area contributed by atoms with E-state index in [0.29, 0.717) is 24.5 Å². The number of nitrogens with one attached hydrogen (secondary N) is 1. The number of nitrogens with zero attached hydrogens (tertiary/aromatic N) is 2. The highest BCUT2D eigenvalue weighted by molar-refractivity contribution is 6.03. The molecule has 1 aliphatic heterocycles. The first-order valence-electron chi connectivity index (χ1n) is 10.6. The van der Waals surface area contributed by atoms with Gasteiger partial charge in [0, 0.05) is 30.7 Å². The number of halogens is 1. The molecule has 0 atom stereocenters. The number of aliphatic hydroxyl groups excluding tert-OH is 2. The molecule has 178 valence electrons. The zero-order chi connectivity index (χ0) is 24.4. The number of carbonyl (C=O) groups excluding carboxylic acids is 1. The Hall–Kier alpha value is -4.12. The van der Waals surface area contributed by atoms with Crippen molar-refractivity contribution in [3.8, 4) is 5.75 Å². The summed E-state index contributed by atoms with van der Waals surface area (Å²) in [5.74, 6) is -2.89. The molecule has 4 N–H and O–H groups in total. The van der Waals surface area contributed by atoms with Gasteiger partial charge < -0.3 is 25.0 Å². The highest BCUT2D eigenvalue weighted by Gasteiger charge is 2.28. The molecule has 1 fully saturated rings. The van der Waals surface area contributed by atoms with Crippen molar-refractivity contribution in [1.29, 1.82) is 0 Å². The third-order valence-corrected chi connectivity index (χ3v) is 6.09. The molecule has 0 unspecified atom stereocenters. The van der Waals surface area contributed by atoms with Gasteiger partial charge in [-0.3, -0.25) is 14.9 Å². The van der Waals surface area contributed by atoms with E-state index in [-0.39, 0.29) is 28.1 Å². The predicted octanol–water partition coefficient (Wildman–Crippen LogP) is 4.27. The number of rotatable bonds is 6. The van der Waals surface area contributed by atoms with Gasteiger partial charge in [0.25, 0.3) is 5.91 Å². The molecule has 1 saturated heterocycles. The van der Waals surface area contributed by atoms with Crippen LogP contribution in [0.5, 0.6) is 5.75 Å². The number of aromatic nitrogens is 1. The zero-order valence-corrected chi connectivity index (χ0v) is 17.9. The van der Waals surface area contributed by atoms with Crippen molar-refractivity contribution in [1.82, 2.24) is 9.88 Å². The quantitative estimate of drug-likeness (QED) is 0.181. The molecule has 0 saturated carbocycles. The molecule has 0 radical (unpaired) electrons. The number of fused-ring (bicyclic) bond motifs is 1. The van der Waals surface area contributed by atoms with Crippen LogP contribution in [0.4, 0.5) is 4.39 Å². The Morgan fingerprint density at radius 1 is 1.18 bits per heavy atom. The van der Waals surface area contributed by atoms with Crippen molar-refractivity contribution in [3.63, 3.8) is 0 Å². The van der Waals surface area contributed by atoms with Crippen molar-refractivity contribution >= 4 is 22.6 Å². The van der Waals surface area contributed by atoms with Gasteiger partial charge in [0.1, 0.15) is 10.7 Å². The SMILES string of the molecule is O=C(c1cc2c(C(O)=C(O)[N+](=O)[O-])c[nH]c2cc1OO)N1CCC(Cc2ccc(F)cc2)CC1. The summed E-state index contributed by atoms with van der Waals surface area (Å²) in [5, 5.41) is 40.0. The molecule has 4 rings (SSSR count). The Morgan fingerprint density at radius 3 is 2.47 bits per heavy atom. The summed E-state index contributed by atoms with van der Waals surface area (Å²) in [6.07, 6.45) is 3.47. The highest BCUT2D eigenvalue weighted by Crippen LogP contribution is 2.33. The average molecular weight is 471 g/mol. The van der Waals surface area contributed by atoms with Crippen LogP contribution >= 0.6 is 0 Å². The minimum atomic E-state index is -1.43. The van der Waals surface area contributed by atoms with Gasteiger partial charge in [0.15, 0.2) is 5.75 Å². The van der Waals surface area contributed by atoms with Crippen LogP contribution in [-0.2, 0) is 6.42 Å². The van der Waals surface area contributed by atoms with Crippen molar-refractivity contribution in [2.75, 3.05) is 13.1 Å². The number of H-pyrrole nitrogens is 1. The Bertz CT molecular complexity index is 1260. The lowest BCUT2D eigenvalue weighted by atomic mass is 9.90. The lowest BCUT2D eigenvalue weighted by Crippen LogP contribution is -2.39. The minimum Gasteiger partial charge on any atom is -0.499 e. The van der Waals surface area contributed by atoms with Crippen molar-refractivity contribution in [2.24, 2.45) is 5.92 Å². The van der Waals surface area contributed by atoms with E-state index in [4.69, 9.17) is 0 Å². The first-order chi connectivity index (χ1) is 16.3. The Labute approximate surface area is 192 Å². The van der Waals surface area contributed by atoms with E-state index in [9.17, 15) is 34.8 Å². The second kappa shape index (κ2) is 9.40. The molecule has 2 heterocycles. The smallest absolute Gasteiger partial charge is 0.468 e. The van der Waals surface area contributed by atoms with Crippen LogP contribution in [0.15, 0.2) is 48.5 Å². The Morgan fingerprint density at radius 2 is 1.85 bits per heavy atom. The molecule has 0 bridgehead atoms. The molecule has 1 aliphatic rings. The third kappa shape index (κ3) is 4.50. The summed E-state index contributed by atoms with van der Waals surface area (Å²) in [5.41, 5.74) is 1.26. The fourth-order valence-electron chi connectivity index (χ4n) is 4.26.